The molecule has 1 aromatic carbocycles. The predicted octanol–water partition coefficient (Wildman–Crippen LogP) is 3.29. The SMILES string of the molecule is C[C@H](Sc1nnnn1Cc1ccccc1)C(=O)NC12CC3CC(CC(C3)C1)C2. The maximum atomic E-state index is 13.0. The van der Waals surface area contributed by atoms with E-state index >= 15 is 0 Å². The Labute approximate surface area is 169 Å². The van der Waals surface area contributed by atoms with Gasteiger partial charge in [0.25, 0.3) is 0 Å². The summed E-state index contributed by atoms with van der Waals surface area (Å²) in [7, 11) is 0. The van der Waals surface area contributed by atoms with E-state index in [1.54, 1.807) is 4.68 Å². The molecule has 0 aliphatic heterocycles. The molecule has 1 amide bonds. The molecule has 0 unspecified atom stereocenters. The molecule has 1 N–H and O–H groups in total. The third kappa shape index (κ3) is 3.56. The van der Waals surface area contributed by atoms with Gasteiger partial charge in [-0.05, 0) is 79.2 Å². The number of carbonyl (C=O) groups excluding carboxylic acids is 1. The number of tetrazole rings is 1. The Morgan fingerprint density at radius 2 is 1.82 bits per heavy atom. The summed E-state index contributed by atoms with van der Waals surface area (Å²) >= 11 is 1.45. The quantitative estimate of drug-likeness (QED) is 0.757. The molecule has 6 nitrogen and oxygen atoms in total. The van der Waals surface area contributed by atoms with E-state index in [-0.39, 0.29) is 16.7 Å². The van der Waals surface area contributed by atoms with Crippen LogP contribution in [0.15, 0.2) is 35.5 Å². The van der Waals surface area contributed by atoms with Crippen LogP contribution in [-0.2, 0) is 11.3 Å². The molecule has 7 heteroatoms. The normalized spacial score (nSPS) is 31.7. The van der Waals surface area contributed by atoms with E-state index in [9.17, 15) is 4.79 Å². The van der Waals surface area contributed by atoms with Gasteiger partial charge in [0.1, 0.15) is 0 Å². The zero-order valence-electron chi connectivity index (χ0n) is 16.3. The second kappa shape index (κ2) is 7.17. The fraction of sp³-hybridized carbons (Fsp3) is 0.619. The van der Waals surface area contributed by atoms with E-state index in [2.05, 4.69) is 33.0 Å². The molecular weight excluding hydrogens is 370 g/mol. The summed E-state index contributed by atoms with van der Waals surface area (Å²) < 4.78 is 1.77. The Bertz CT molecular complexity index is 816. The van der Waals surface area contributed by atoms with Crippen molar-refractivity contribution in [2.75, 3.05) is 0 Å². The van der Waals surface area contributed by atoms with Gasteiger partial charge in [-0.15, -0.1) is 5.10 Å². The van der Waals surface area contributed by atoms with Crippen LogP contribution < -0.4 is 5.32 Å². The first-order valence-corrected chi connectivity index (χ1v) is 11.3. The van der Waals surface area contributed by atoms with Gasteiger partial charge in [-0.25, -0.2) is 4.68 Å². The van der Waals surface area contributed by atoms with E-state index < -0.39 is 0 Å². The Balaban J connectivity index is 1.23. The number of nitrogens with one attached hydrogen (secondary N) is 1. The number of rotatable bonds is 6. The molecule has 4 bridgehead atoms. The summed E-state index contributed by atoms with van der Waals surface area (Å²) in [4.78, 5) is 13.0. The number of thioether (sulfide) groups is 1. The molecule has 0 spiro atoms. The average molecular weight is 398 g/mol. The minimum Gasteiger partial charge on any atom is -0.350 e. The molecule has 1 atom stereocenters. The summed E-state index contributed by atoms with van der Waals surface area (Å²) in [5, 5.41) is 16.0. The van der Waals surface area contributed by atoms with Crippen molar-refractivity contribution in [2.24, 2.45) is 17.8 Å². The monoisotopic (exact) mass is 397 g/mol. The molecule has 4 aliphatic carbocycles. The number of hydrogen-bond donors (Lipinski definition) is 1. The molecule has 1 aromatic heterocycles. The fourth-order valence-corrected chi connectivity index (χ4v) is 6.76. The van der Waals surface area contributed by atoms with Crippen LogP contribution in [0, 0.1) is 17.8 Å². The summed E-state index contributed by atoms with van der Waals surface area (Å²) in [6.07, 6.45) is 7.67. The molecule has 28 heavy (non-hydrogen) atoms. The third-order valence-corrected chi connectivity index (χ3v) is 7.82. The van der Waals surface area contributed by atoms with E-state index in [0.717, 1.165) is 23.3 Å². The van der Waals surface area contributed by atoms with Gasteiger partial charge in [0, 0.05) is 5.54 Å². The van der Waals surface area contributed by atoms with Crippen LogP contribution in [0.4, 0.5) is 0 Å². The lowest BCUT2D eigenvalue weighted by Gasteiger charge is -2.57. The number of benzene rings is 1. The second-order valence-corrected chi connectivity index (χ2v) is 10.4. The standard InChI is InChI=1S/C21H27N5OS/c1-14(28-20-23-24-25-26(20)13-15-5-3-2-4-6-15)19(27)22-21-10-16-7-17(11-21)9-18(8-16)12-21/h2-6,14,16-18H,7-13H2,1H3,(H,22,27)/t14-,16?,17?,18?,21?/m0/s1. The zero-order chi connectivity index (χ0) is 19.1. The van der Waals surface area contributed by atoms with Gasteiger partial charge in [0.2, 0.25) is 11.1 Å². The molecule has 4 fully saturated rings. The van der Waals surface area contributed by atoms with Crippen LogP contribution in [0.2, 0.25) is 0 Å². The number of carbonyl (C=O) groups is 1. The van der Waals surface area contributed by atoms with Gasteiger partial charge in [-0.2, -0.15) is 0 Å². The highest BCUT2D eigenvalue weighted by molar-refractivity contribution is 8.00. The second-order valence-electron chi connectivity index (χ2n) is 9.05. The maximum Gasteiger partial charge on any atom is 0.233 e. The minimum atomic E-state index is -0.214. The minimum absolute atomic E-state index is 0.0522. The molecular formula is C21H27N5OS. The van der Waals surface area contributed by atoms with Crippen LogP contribution >= 0.6 is 11.8 Å². The molecule has 4 saturated carbocycles. The number of amides is 1. The number of hydrogen-bond acceptors (Lipinski definition) is 5. The Morgan fingerprint density at radius 1 is 1.18 bits per heavy atom. The summed E-state index contributed by atoms with van der Waals surface area (Å²) in [5.74, 6) is 2.61. The lowest BCUT2D eigenvalue weighted by atomic mass is 9.53. The highest BCUT2D eigenvalue weighted by Gasteiger charge is 2.51. The maximum absolute atomic E-state index is 13.0. The molecule has 0 saturated heterocycles. The Kier molecular flexibility index (Phi) is 4.65. The smallest absolute Gasteiger partial charge is 0.233 e. The van der Waals surface area contributed by atoms with Gasteiger partial charge >= 0.3 is 0 Å². The summed E-state index contributed by atoms with van der Waals surface area (Å²) in [6, 6.07) is 10.1. The van der Waals surface area contributed by atoms with E-state index in [0.29, 0.717) is 11.7 Å². The van der Waals surface area contributed by atoms with Crippen LogP contribution in [0.3, 0.4) is 0 Å². The zero-order valence-corrected chi connectivity index (χ0v) is 17.1. The van der Waals surface area contributed by atoms with Crippen LogP contribution in [0.5, 0.6) is 0 Å². The van der Waals surface area contributed by atoms with Gasteiger partial charge in [0.15, 0.2) is 0 Å². The van der Waals surface area contributed by atoms with Gasteiger partial charge in [-0.1, -0.05) is 42.1 Å². The molecule has 4 aliphatic rings. The predicted molar refractivity (Wildman–Crippen MR) is 108 cm³/mol. The van der Waals surface area contributed by atoms with E-state index in [4.69, 9.17) is 0 Å². The third-order valence-electron chi connectivity index (χ3n) is 6.75. The summed E-state index contributed by atoms with van der Waals surface area (Å²) in [6.45, 7) is 2.57. The van der Waals surface area contributed by atoms with Crippen LogP contribution in [0.25, 0.3) is 0 Å². The number of nitrogens with zero attached hydrogens (tertiary/aromatic N) is 4. The van der Waals surface area contributed by atoms with Crippen molar-refractivity contribution >= 4 is 17.7 Å². The molecule has 148 valence electrons. The number of aromatic nitrogens is 4. The van der Waals surface area contributed by atoms with E-state index in [1.807, 2.05) is 25.1 Å². The largest absolute Gasteiger partial charge is 0.350 e. The van der Waals surface area contributed by atoms with Gasteiger partial charge in [-0.3, -0.25) is 4.79 Å². The van der Waals surface area contributed by atoms with Crippen molar-refractivity contribution in [3.63, 3.8) is 0 Å². The fourth-order valence-electron chi connectivity index (χ4n) is 5.97. The highest BCUT2D eigenvalue weighted by Crippen LogP contribution is 2.55. The van der Waals surface area contributed by atoms with E-state index in [1.165, 1.54) is 50.3 Å². The topological polar surface area (TPSA) is 72.7 Å². The molecule has 0 radical (unpaired) electrons. The molecule has 2 aromatic rings. The lowest BCUT2D eigenvalue weighted by molar-refractivity contribution is -0.126. The summed E-state index contributed by atoms with van der Waals surface area (Å²) in [5.41, 5.74) is 1.19. The van der Waals surface area contributed by atoms with Crippen LogP contribution in [-0.4, -0.2) is 36.9 Å². The van der Waals surface area contributed by atoms with Gasteiger partial charge < -0.3 is 5.32 Å². The molecule has 1 heterocycles. The highest BCUT2D eigenvalue weighted by atomic mass is 32.2. The van der Waals surface area contributed by atoms with Crippen molar-refractivity contribution in [1.82, 2.24) is 25.5 Å². The Morgan fingerprint density at radius 3 is 2.46 bits per heavy atom. The molecule has 6 rings (SSSR count). The first-order valence-electron chi connectivity index (χ1n) is 10.4. The van der Waals surface area contributed by atoms with Crippen molar-refractivity contribution in [3.8, 4) is 0 Å². The van der Waals surface area contributed by atoms with Crippen molar-refractivity contribution in [1.29, 1.82) is 0 Å². The van der Waals surface area contributed by atoms with Crippen molar-refractivity contribution in [2.45, 2.75) is 67.9 Å². The van der Waals surface area contributed by atoms with Crippen molar-refractivity contribution < 1.29 is 4.79 Å². The van der Waals surface area contributed by atoms with Crippen molar-refractivity contribution in [3.05, 3.63) is 35.9 Å². The Hall–Kier alpha value is -1.89. The van der Waals surface area contributed by atoms with Gasteiger partial charge in [0.05, 0.1) is 11.8 Å². The lowest BCUT2D eigenvalue weighted by Crippen LogP contribution is -2.60. The van der Waals surface area contributed by atoms with Crippen LogP contribution in [0.1, 0.15) is 51.0 Å². The first-order chi connectivity index (χ1) is 13.6. The average Bonchev–Trinajstić information content (AvgIpc) is 3.07. The first kappa shape index (κ1) is 18.2.